The predicted molar refractivity (Wildman–Crippen MR) is 76.2 cm³/mol. The van der Waals surface area contributed by atoms with Crippen molar-refractivity contribution >= 4 is 5.91 Å². The maximum Gasteiger partial charge on any atom is 0.246 e. The van der Waals surface area contributed by atoms with E-state index < -0.39 is 0 Å². The van der Waals surface area contributed by atoms with Gasteiger partial charge in [0.1, 0.15) is 0 Å². The number of rotatable bonds is 4. The standard InChI is InChI=1S/C16H23NO/c1-6-15(18)17(12-16(3,4)5)13(2)14-10-8-7-9-11-14/h6-11,13H,1,12H2,2-5H3/t13-/m0/s1. The van der Waals surface area contributed by atoms with E-state index in [9.17, 15) is 4.79 Å². The Morgan fingerprint density at radius 3 is 2.33 bits per heavy atom. The highest BCUT2D eigenvalue weighted by molar-refractivity contribution is 5.87. The second-order valence-corrected chi connectivity index (χ2v) is 5.82. The molecule has 1 atom stereocenters. The van der Waals surface area contributed by atoms with Crippen molar-refractivity contribution in [1.82, 2.24) is 4.90 Å². The summed E-state index contributed by atoms with van der Waals surface area (Å²) in [6.07, 6.45) is 1.39. The van der Waals surface area contributed by atoms with Crippen LogP contribution in [0.1, 0.15) is 39.3 Å². The van der Waals surface area contributed by atoms with Crippen LogP contribution in [0.5, 0.6) is 0 Å². The molecule has 0 radical (unpaired) electrons. The Morgan fingerprint density at radius 2 is 1.89 bits per heavy atom. The largest absolute Gasteiger partial charge is 0.332 e. The Bertz CT molecular complexity index is 403. The summed E-state index contributed by atoms with van der Waals surface area (Å²) in [5, 5.41) is 0. The Labute approximate surface area is 110 Å². The first kappa shape index (κ1) is 14.5. The first-order valence-electron chi connectivity index (χ1n) is 6.33. The molecule has 2 nitrogen and oxygen atoms in total. The summed E-state index contributed by atoms with van der Waals surface area (Å²) < 4.78 is 0. The fraction of sp³-hybridized carbons (Fsp3) is 0.438. The molecule has 0 fully saturated rings. The zero-order valence-corrected chi connectivity index (χ0v) is 11.8. The van der Waals surface area contributed by atoms with E-state index in [1.807, 2.05) is 23.1 Å². The third-order valence-electron chi connectivity index (χ3n) is 2.85. The summed E-state index contributed by atoms with van der Waals surface area (Å²) in [6.45, 7) is 12.8. The molecule has 98 valence electrons. The maximum absolute atomic E-state index is 12.0. The van der Waals surface area contributed by atoms with Crippen molar-refractivity contribution < 1.29 is 4.79 Å². The van der Waals surface area contributed by atoms with Crippen molar-refractivity contribution in [3.05, 3.63) is 48.6 Å². The second kappa shape index (κ2) is 5.85. The zero-order valence-electron chi connectivity index (χ0n) is 11.8. The Balaban J connectivity index is 2.96. The van der Waals surface area contributed by atoms with Crippen LogP contribution in [0.15, 0.2) is 43.0 Å². The van der Waals surface area contributed by atoms with Crippen molar-refractivity contribution in [2.75, 3.05) is 6.54 Å². The molecule has 0 aromatic heterocycles. The van der Waals surface area contributed by atoms with Crippen LogP contribution in [0, 0.1) is 5.41 Å². The number of nitrogens with zero attached hydrogens (tertiary/aromatic N) is 1. The molecule has 0 aliphatic carbocycles. The average molecular weight is 245 g/mol. The van der Waals surface area contributed by atoms with Gasteiger partial charge in [0.25, 0.3) is 0 Å². The van der Waals surface area contributed by atoms with Gasteiger partial charge in [-0.2, -0.15) is 0 Å². The molecule has 2 heteroatoms. The van der Waals surface area contributed by atoms with Gasteiger partial charge >= 0.3 is 0 Å². The van der Waals surface area contributed by atoms with E-state index in [4.69, 9.17) is 0 Å². The SMILES string of the molecule is C=CC(=O)N(CC(C)(C)C)[C@@H](C)c1ccccc1. The van der Waals surface area contributed by atoms with Crippen LogP contribution in [0.4, 0.5) is 0 Å². The lowest BCUT2D eigenvalue weighted by Crippen LogP contribution is -2.38. The molecule has 1 aromatic rings. The van der Waals surface area contributed by atoms with Crippen molar-refractivity contribution in [3.63, 3.8) is 0 Å². The highest BCUT2D eigenvalue weighted by Crippen LogP contribution is 2.25. The fourth-order valence-corrected chi connectivity index (χ4v) is 1.95. The molecular weight excluding hydrogens is 222 g/mol. The van der Waals surface area contributed by atoms with E-state index in [-0.39, 0.29) is 17.4 Å². The number of hydrogen-bond donors (Lipinski definition) is 0. The number of amides is 1. The Kier molecular flexibility index (Phi) is 4.71. The molecule has 0 bridgehead atoms. The van der Waals surface area contributed by atoms with Crippen molar-refractivity contribution in [1.29, 1.82) is 0 Å². The molecular formula is C16H23NO. The van der Waals surface area contributed by atoms with Crippen LogP contribution in [0.25, 0.3) is 0 Å². The highest BCUT2D eigenvalue weighted by atomic mass is 16.2. The first-order chi connectivity index (χ1) is 8.35. The van der Waals surface area contributed by atoms with Gasteiger partial charge in [-0.15, -0.1) is 0 Å². The summed E-state index contributed by atoms with van der Waals surface area (Å²) in [5.74, 6) is -0.0127. The monoisotopic (exact) mass is 245 g/mol. The minimum Gasteiger partial charge on any atom is -0.332 e. The van der Waals surface area contributed by atoms with Gasteiger partial charge in [-0.3, -0.25) is 4.79 Å². The molecule has 0 spiro atoms. The van der Waals surface area contributed by atoms with Gasteiger partial charge in [0.15, 0.2) is 0 Å². The fourth-order valence-electron chi connectivity index (χ4n) is 1.95. The quantitative estimate of drug-likeness (QED) is 0.739. The molecule has 0 heterocycles. The molecule has 0 saturated carbocycles. The molecule has 1 rings (SSSR count). The van der Waals surface area contributed by atoms with Crippen LogP contribution < -0.4 is 0 Å². The smallest absolute Gasteiger partial charge is 0.246 e. The minimum absolute atomic E-state index is 0.0127. The summed E-state index contributed by atoms with van der Waals surface area (Å²) >= 11 is 0. The van der Waals surface area contributed by atoms with Gasteiger partial charge in [-0.1, -0.05) is 57.7 Å². The normalized spacial score (nSPS) is 12.9. The third kappa shape index (κ3) is 4.02. The number of hydrogen-bond acceptors (Lipinski definition) is 1. The van der Waals surface area contributed by atoms with Crippen molar-refractivity contribution in [2.24, 2.45) is 5.41 Å². The summed E-state index contributed by atoms with van der Waals surface area (Å²) in [4.78, 5) is 13.9. The van der Waals surface area contributed by atoms with Gasteiger partial charge in [0, 0.05) is 6.54 Å². The maximum atomic E-state index is 12.0. The van der Waals surface area contributed by atoms with Gasteiger partial charge < -0.3 is 4.90 Å². The first-order valence-corrected chi connectivity index (χ1v) is 6.33. The molecule has 0 aliphatic rings. The molecule has 1 aromatic carbocycles. The van der Waals surface area contributed by atoms with Crippen molar-refractivity contribution in [3.8, 4) is 0 Å². The van der Waals surface area contributed by atoms with E-state index in [1.54, 1.807) is 0 Å². The topological polar surface area (TPSA) is 20.3 Å². The van der Waals surface area contributed by atoms with Gasteiger partial charge in [-0.05, 0) is 24.0 Å². The van der Waals surface area contributed by atoms with Crippen LogP contribution in [-0.4, -0.2) is 17.4 Å². The van der Waals surface area contributed by atoms with E-state index in [1.165, 1.54) is 6.08 Å². The average Bonchev–Trinajstić information content (AvgIpc) is 2.34. The van der Waals surface area contributed by atoms with Crippen LogP contribution in [-0.2, 0) is 4.79 Å². The van der Waals surface area contributed by atoms with Crippen LogP contribution >= 0.6 is 0 Å². The molecule has 0 N–H and O–H groups in total. The molecule has 0 saturated heterocycles. The number of carbonyl (C=O) groups excluding carboxylic acids is 1. The summed E-state index contributed by atoms with van der Waals surface area (Å²) in [5.41, 5.74) is 1.22. The van der Waals surface area contributed by atoms with E-state index in [0.717, 1.165) is 5.56 Å². The molecule has 1 amide bonds. The second-order valence-electron chi connectivity index (χ2n) is 5.82. The van der Waals surface area contributed by atoms with Crippen LogP contribution in [0.3, 0.4) is 0 Å². The molecule has 18 heavy (non-hydrogen) atoms. The van der Waals surface area contributed by atoms with Gasteiger partial charge in [-0.25, -0.2) is 0 Å². The third-order valence-corrected chi connectivity index (χ3v) is 2.85. The summed E-state index contributed by atoms with van der Waals surface area (Å²) in [7, 11) is 0. The van der Waals surface area contributed by atoms with Gasteiger partial charge in [0.2, 0.25) is 5.91 Å². The van der Waals surface area contributed by atoms with E-state index >= 15 is 0 Å². The Hall–Kier alpha value is -1.57. The van der Waals surface area contributed by atoms with Crippen LogP contribution in [0.2, 0.25) is 0 Å². The zero-order chi connectivity index (χ0) is 13.8. The van der Waals surface area contributed by atoms with E-state index in [2.05, 4.69) is 46.4 Å². The Morgan fingerprint density at radius 1 is 1.33 bits per heavy atom. The number of carbonyl (C=O) groups is 1. The van der Waals surface area contributed by atoms with Gasteiger partial charge in [0.05, 0.1) is 6.04 Å². The minimum atomic E-state index is -0.0127. The molecule has 0 aliphatic heterocycles. The lowest BCUT2D eigenvalue weighted by atomic mass is 9.94. The number of benzene rings is 1. The molecule has 0 unspecified atom stereocenters. The highest BCUT2D eigenvalue weighted by Gasteiger charge is 2.24. The van der Waals surface area contributed by atoms with E-state index in [0.29, 0.717) is 6.54 Å². The lowest BCUT2D eigenvalue weighted by molar-refractivity contribution is -0.129. The lowest BCUT2D eigenvalue weighted by Gasteiger charge is -2.34. The summed E-state index contributed by atoms with van der Waals surface area (Å²) in [6, 6.07) is 10.2. The van der Waals surface area contributed by atoms with Crippen molar-refractivity contribution in [2.45, 2.75) is 33.7 Å². The predicted octanol–water partition coefficient (Wildman–Crippen LogP) is 3.81.